The van der Waals surface area contributed by atoms with Gasteiger partial charge in [0, 0.05) is 5.56 Å². The second-order valence-electron chi connectivity index (χ2n) is 5.87. The number of rotatable bonds is 3. The molecule has 23 heavy (non-hydrogen) atoms. The maximum absolute atomic E-state index is 12.4. The van der Waals surface area contributed by atoms with Crippen LogP contribution in [0.2, 0.25) is 5.02 Å². The van der Waals surface area contributed by atoms with Gasteiger partial charge >= 0.3 is 0 Å². The standard InChI is InChI=1S/C15H15ClN2O3S2/c1-15(6-7-23(20,21)9-15)18-13(19)12-8-17-14(22-12)10-4-2-3-5-11(10)16/h2-5,8H,6-7,9H2,1H3,(H,18,19). The molecule has 0 saturated carbocycles. The first-order chi connectivity index (χ1) is 10.8. The summed E-state index contributed by atoms with van der Waals surface area (Å²) in [7, 11) is -3.07. The Balaban J connectivity index is 1.79. The van der Waals surface area contributed by atoms with E-state index in [4.69, 9.17) is 11.6 Å². The summed E-state index contributed by atoms with van der Waals surface area (Å²) in [4.78, 5) is 17.1. The van der Waals surface area contributed by atoms with Gasteiger partial charge in [-0.15, -0.1) is 11.3 Å². The van der Waals surface area contributed by atoms with E-state index in [1.54, 1.807) is 13.0 Å². The highest BCUT2D eigenvalue weighted by atomic mass is 35.5. The molecule has 1 aromatic heterocycles. The first kappa shape index (κ1) is 16.4. The quantitative estimate of drug-likeness (QED) is 0.901. The average Bonchev–Trinajstić information content (AvgIpc) is 3.04. The molecule has 2 aromatic rings. The van der Waals surface area contributed by atoms with Crippen LogP contribution in [0.1, 0.15) is 23.0 Å². The molecule has 1 aromatic carbocycles. The monoisotopic (exact) mass is 370 g/mol. The fraction of sp³-hybridized carbons (Fsp3) is 0.333. The van der Waals surface area contributed by atoms with Crippen molar-refractivity contribution in [3.63, 3.8) is 0 Å². The predicted octanol–water partition coefficient (Wildman–Crippen LogP) is 2.77. The minimum atomic E-state index is -3.07. The molecule has 0 aliphatic carbocycles. The van der Waals surface area contributed by atoms with E-state index in [-0.39, 0.29) is 17.4 Å². The number of benzene rings is 1. The molecule has 1 aliphatic heterocycles. The van der Waals surface area contributed by atoms with E-state index < -0.39 is 15.4 Å². The summed E-state index contributed by atoms with van der Waals surface area (Å²) in [5.41, 5.74) is 0.0534. The Kier molecular flexibility index (Phi) is 4.20. The summed E-state index contributed by atoms with van der Waals surface area (Å²) in [6.07, 6.45) is 1.92. The van der Waals surface area contributed by atoms with E-state index >= 15 is 0 Å². The van der Waals surface area contributed by atoms with Gasteiger partial charge in [-0.25, -0.2) is 13.4 Å². The van der Waals surface area contributed by atoms with Gasteiger partial charge in [0.2, 0.25) is 0 Å². The first-order valence-electron chi connectivity index (χ1n) is 7.02. The SMILES string of the molecule is CC1(NC(=O)c2cnc(-c3ccccc3Cl)s2)CCS(=O)(=O)C1. The van der Waals surface area contributed by atoms with Crippen molar-refractivity contribution in [2.75, 3.05) is 11.5 Å². The van der Waals surface area contributed by atoms with Crippen molar-refractivity contribution >= 4 is 38.7 Å². The lowest BCUT2D eigenvalue weighted by atomic mass is 10.0. The summed E-state index contributed by atoms with van der Waals surface area (Å²) in [6.45, 7) is 1.76. The first-order valence-corrected chi connectivity index (χ1v) is 10.0. The number of halogens is 1. The van der Waals surface area contributed by atoms with Gasteiger partial charge in [0.05, 0.1) is 28.3 Å². The van der Waals surface area contributed by atoms with Crippen LogP contribution in [-0.4, -0.2) is 36.4 Å². The Morgan fingerprint density at radius 3 is 2.78 bits per heavy atom. The molecule has 2 heterocycles. The molecule has 1 saturated heterocycles. The molecular formula is C15H15ClN2O3S2. The van der Waals surface area contributed by atoms with E-state index in [0.29, 0.717) is 21.3 Å². The van der Waals surface area contributed by atoms with Crippen LogP contribution in [0.4, 0.5) is 0 Å². The van der Waals surface area contributed by atoms with Crippen molar-refractivity contribution in [2.45, 2.75) is 18.9 Å². The van der Waals surface area contributed by atoms with Crippen LogP contribution >= 0.6 is 22.9 Å². The van der Waals surface area contributed by atoms with Crippen molar-refractivity contribution < 1.29 is 13.2 Å². The molecule has 0 radical (unpaired) electrons. The smallest absolute Gasteiger partial charge is 0.263 e. The van der Waals surface area contributed by atoms with Gasteiger partial charge in [-0.1, -0.05) is 29.8 Å². The highest BCUT2D eigenvalue weighted by molar-refractivity contribution is 7.91. The van der Waals surface area contributed by atoms with Crippen molar-refractivity contribution in [1.82, 2.24) is 10.3 Å². The summed E-state index contributed by atoms with van der Waals surface area (Å²) in [5, 5.41) is 4.06. The molecule has 1 aliphatic rings. The lowest BCUT2D eigenvalue weighted by Gasteiger charge is -2.23. The molecule has 1 N–H and O–H groups in total. The second-order valence-corrected chi connectivity index (χ2v) is 9.49. The number of aromatic nitrogens is 1. The normalized spacial score (nSPS) is 22.9. The van der Waals surface area contributed by atoms with Crippen LogP contribution in [0, 0.1) is 0 Å². The van der Waals surface area contributed by atoms with Crippen molar-refractivity contribution in [2.24, 2.45) is 0 Å². The van der Waals surface area contributed by atoms with Gasteiger partial charge in [-0.3, -0.25) is 4.79 Å². The van der Waals surface area contributed by atoms with E-state index in [0.717, 1.165) is 5.56 Å². The number of nitrogens with zero attached hydrogens (tertiary/aromatic N) is 1. The molecule has 0 spiro atoms. The zero-order valence-corrected chi connectivity index (χ0v) is 14.8. The van der Waals surface area contributed by atoms with Crippen molar-refractivity contribution in [3.8, 4) is 10.6 Å². The molecular weight excluding hydrogens is 356 g/mol. The third-order valence-electron chi connectivity index (χ3n) is 3.75. The molecule has 122 valence electrons. The zero-order valence-electron chi connectivity index (χ0n) is 12.4. The number of nitrogens with one attached hydrogen (secondary N) is 1. The van der Waals surface area contributed by atoms with E-state index in [9.17, 15) is 13.2 Å². The molecule has 1 atom stereocenters. The van der Waals surface area contributed by atoms with Gasteiger partial charge in [-0.2, -0.15) is 0 Å². The van der Waals surface area contributed by atoms with Gasteiger partial charge in [0.25, 0.3) is 5.91 Å². The number of thiazole rings is 1. The van der Waals surface area contributed by atoms with Gasteiger partial charge in [0.15, 0.2) is 9.84 Å². The maximum Gasteiger partial charge on any atom is 0.263 e. The largest absolute Gasteiger partial charge is 0.345 e. The van der Waals surface area contributed by atoms with Crippen LogP contribution in [0.3, 0.4) is 0 Å². The Morgan fingerprint density at radius 2 is 2.13 bits per heavy atom. The number of amides is 1. The Labute approximate surface area is 143 Å². The molecule has 8 heteroatoms. The van der Waals surface area contributed by atoms with Crippen LogP contribution in [0.15, 0.2) is 30.5 Å². The fourth-order valence-corrected chi connectivity index (χ4v) is 5.81. The highest BCUT2D eigenvalue weighted by Gasteiger charge is 2.39. The van der Waals surface area contributed by atoms with Gasteiger partial charge < -0.3 is 5.32 Å². The minimum absolute atomic E-state index is 0.0259. The van der Waals surface area contributed by atoms with Crippen LogP contribution in [-0.2, 0) is 9.84 Å². The summed E-state index contributed by atoms with van der Waals surface area (Å²) in [6, 6.07) is 7.29. The number of carbonyl (C=O) groups is 1. The fourth-order valence-electron chi connectivity index (χ4n) is 2.58. The number of hydrogen-bond donors (Lipinski definition) is 1. The summed E-state index contributed by atoms with van der Waals surface area (Å²) in [5.74, 6) is -0.223. The molecule has 1 unspecified atom stereocenters. The highest BCUT2D eigenvalue weighted by Crippen LogP contribution is 2.31. The van der Waals surface area contributed by atoms with Crippen molar-refractivity contribution in [3.05, 3.63) is 40.4 Å². The number of sulfone groups is 1. The Bertz CT molecular complexity index is 863. The van der Waals surface area contributed by atoms with Crippen LogP contribution in [0.25, 0.3) is 10.6 Å². The maximum atomic E-state index is 12.4. The van der Waals surface area contributed by atoms with Crippen LogP contribution in [0.5, 0.6) is 0 Å². The van der Waals surface area contributed by atoms with E-state index in [2.05, 4.69) is 10.3 Å². The lowest BCUT2D eigenvalue weighted by molar-refractivity contribution is 0.0919. The van der Waals surface area contributed by atoms with Crippen LogP contribution < -0.4 is 5.32 Å². The topological polar surface area (TPSA) is 76.1 Å². The number of hydrogen-bond acceptors (Lipinski definition) is 5. The van der Waals surface area contributed by atoms with Gasteiger partial charge in [0.1, 0.15) is 9.88 Å². The van der Waals surface area contributed by atoms with E-state index in [1.165, 1.54) is 17.5 Å². The second kappa shape index (κ2) is 5.89. The summed E-state index contributed by atoms with van der Waals surface area (Å²) >= 11 is 7.37. The molecule has 5 nitrogen and oxygen atoms in total. The zero-order chi connectivity index (χ0) is 16.7. The molecule has 1 fully saturated rings. The molecule has 3 rings (SSSR count). The van der Waals surface area contributed by atoms with Crippen molar-refractivity contribution in [1.29, 1.82) is 0 Å². The van der Waals surface area contributed by atoms with Gasteiger partial charge in [-0.05, 0) is 19.4 Å². The Hall–Kier alpha value is -1.44. The molecule has 1 amide bonds. The minimum Gasteiger partial charge on any atom is -0.345 e. The Morgan fingerprint density at radius 1 is 1.39 bits per heavy atom. The number of carbonyl (C=O) groups excluding carboxylic acids is 1. The predicted molar refractivity (Wildman–Crippen MR) is 91.7 cm³/mol. The van der Waals surface area contributed by atoms with E-state index in [1.807, 2.05) is 18.2 Å². The molecule has 0 bridgehead atoms. The average molecular weight is 371 g/mol. The third kappa shape index (κ3) is 3.57. The summed E-state index contributed by atoms with van der Waals surface area (Å²) < 4.78 is 23.2. The third-order valence-corrected chi connectivity index (χ3v) is 7.01. The lowest BCUT2D eigenvalue weighted by Crippen LogP contribution is -2.46.